The molecule has 0 saturated heterocycles. The fourth-order valence-electron chi connectivity index (χ4n) is 1.67. The fraction of sp³-hybridized carbons (Fsp3) is 0.357. The van der Waals surface area contributed by atoms with Gasteiger partial charge in [0, 0.05) is 17.8 Å². The van der Waals surface area contributed by atoms with Gasteiger partial charge in [-0.3, -0.25) is 10.1 Å². The Balaban J connectivity index is 3.00. The molecule has 0 bridgehead atoms. The molecule has 0 aromatic heterocycles. The van der Waals surface area contributed by atoms with Crippen LogP contribution in [0.25, 0.3) is 0 Å². The number of aliphatic carboxylic acids is 1. The van der Waals surface area contributed by atoms with Crippen LogP contribution in [0.15, 0.2) is 30.9 Å². The van der Waals surface area contributed by atoms with Crippen LogP contribution in [0.4, 0.5) is 11.4 Å². The lowest BCUT2D eigenvalue weighted by molar-refractivity contribution is -0.385. The van der Waals surface area contributed by atoms with Crippen LogP contribution in [0.5, 0.6) is 5.75 Å². The number of anilines is 1. The van der Waals surface area contributed by atoms with E-state index in [1.165, 1.54) is 24.3 Å². The van der Waals surface area contributed by atoms with Gasteiger partial charge >= 0.3 is 11.7 Å². The molecule has 1 atom stereocenters. The van der Waals surface area contributed by atoms with Gasteiger partial charge in [0.25, 0.3) is 0 Å². The van der Waals surface area contributed by atoms with Crippen molar-refractivity contribution >= 4 is 17.3 Å². The molecule has 0 heterocycles. The Bertz CT molecular complexity index is 530. The Kier molecular flexibility index (Phi) is 6.19. The summed E-state index contributed by atoms with van der Waals surface area (Å²) in [5, 5.41) is 22.8. The summed E-state index contributed by atoms with van der Waals surface area (Å²) in [6.45, 7) is 5.74. The van der Waals surface area contributed by atoms with Crippen molar-refractivity contribution in [2.45, 2.75) is 25.8 Å². The number of carboxylic acids is 1. The molecule has 0 fully saturated rings. The first kappa shape index (κ1) is 16.5. The normalized spacial score (nSPS) is 11.5. The molecule has 1 aromatic carbocycles. The van der Waals surface area contributed by atoms with Gasteiger partial charge in [0.1, 0.15) is 6.04 Å². The van der Waals surface area contributed by atoms with E-state index in [1.807, 2.05) is 6.92 Å². The SMILES string of the molecule is C=CCC(Nc1ccc([N+](=O)[O-])c(OCCC)c1)C(=O)O. The number of benzene rings is 1. The Morgan fingerprint density at radius 3 is 2.86 bits per heavy atom. The molecule has 0 amide bonds. The Labute approximate surface area is 122 Å². The highest BCUT2D eigenvalue weighted by atomic mass is 16.6. The third-order valence-corrected chi connectivity index (χ3v) is 2.66. The second kappa shape index (κ2) is 7.88. The van der Waals surface area contributed by atoms with Gasteiger partial charge in [-0.25, -0.2) is 4.79 Å². The van der Waals surface area contributed by atoms with Crippen molar-refractivity contribution < 1.29 is 19.6 Å². The maximum Gasteiger partial charge on any atom is 0.326 e. The summed E-state index contributed by atoms with van der Waals surface area (Å²) in [5.74, 6) is -0.904. The summed E-state index contributed by atoms with van der Waals surface area (Å²) in [7, 11) is 0. The highest BCUT2D eigenvalue weighted by molar-refractivity contribution is 5.78. The summed E-state index contributed by atoms with van der Waals surface area (Å²) in [6, 6.07) is 3.34. The zero-order valence-corrected chi connectivity index (χ0v) is 11.7. The van der Waals surface area contributed by atoms with Crippen LogP contribution < -0.4 is 10.1 Å². The maximum atomic E-state index is 11.1. The highest BCUT2D eigenvalue weighted by Gasteiger charge is 2.19. The van der Waals surface area contributed by atoms with Crippen LogP contribution in [0.2, 0.25) is 0 Å². The van der Waals surface area contributed by atoms with E-state index in [0.717, 1.165) is 0 Å². The zero-order valence-electron chi connectivity index (χ0n) is 11.7. The van der Waals surface area contributed by atoms with Crippen molar-refractivity contribution in [3.05, 3.63) is 41.0 Å². The number of rotatable bonds is 9. The van der Waals surface area contributed by atoms with E-state index in [1.54, 1.807) is 0 Å². The Morgan fingerprint density at radius 2 is 2.33 bits per heavy atom. The third-order valence-electron chi connectivity index (χ3n) is 2.66. The number of ether oxygens (including phenoxy) is 1. The quantitative estimate of drug-likeness (QED) is 0.412. The van der Waals surface area contributed by atoms with Crippen molar-refractivity contribution in [3.63, 3.8) is 0 Å². The van der Waals surface area contributed by atoms with Gasteiger partial charge in [-0.15, -0.1) is 6.58 Å². The fourth-order valence-corrected chi connectivity index (χ4v) is 1.67. The van der Waals surface area contributed by atoms with Gasteiger partial charge in [-0.05, 0) is 18.9 Å². The second-order valence-corrected chi connectivity index (χ2v) is 4.35. The molecule has 0 aliphatic heterocycles. The van der Waals surface area contributed by atoms with Crippen LogP contribution in [0.1, 0.15) is 19.8 Å². The molecule has 1 unspecified atom stereocenters. The summed E-state index contributed by atoms with van der Waals surface area (Å²) in [6.07, 6.45) is 2.44. The van der Waals surface area contributed by atoms with Gasteiger partial charge in [0.05, 0.1) is 11.5 Å². The zero-order chi connectivity index (χ0) is 15.8. The lowest BCUT2D eigenvalue weighted by atomic mass is 10.2. The average molecular weight is 294 g/mol. The number of carboxylic acid groups (broad SMARTS) is 1. The molecular weight excluding hydrogens is 276 g/mol. The largest absolute Gasteiger partial charge is 0.487 e. The lowest BCUT2D eigenvalue weighted by Gasteiger charge is -2.15. The molecule has 0 aliphatic rings. The number of nitro benzene ring substituents is 1. The smallest absolute Gasteiger partial charge is 0.326 e. The van der Waals surface area contributed by atoms with Crippen molar-refractivity contribution in [1.29, 1.82) is 0 Å². The average Bonchev–Trinajstić information content (AvgIpc) is 2.44. The van der Waals surface area contributed by atoms with Crippen LogP contribution in [-0.4, -0.2) is 28.6 Å². The van der Waals surface area contributed by atoms with E-state index in [-0.39, 0.29) is 17.9 Å². The predicted molar refractivity (Wildman–Crippen MR) is 78.7 cm³/mol. The molecule has 1 rings (SSSR count). The van der Waals surface area contributed by atoms with Gasteiger partial charge in [-0.2, -0.15) is 0 Å². The molecule has 7 heteroatoms. The van der Waals surface area contributed by atoms with Crippen molar-refractivity contribution in [2.75, 3.05) is 11.9 Å². The molecule has 0 saturated carbocycles. The molecule has 21 heavy (non-hydrogen) atoms. The lowest BCUT2D eigenvalue weighted by Crippen LogP contribution is -2.28. The van der Waals surface area contributed by atoms with Crippen molar-refractivity contribution in [1.82, 2.24) is 0 Å². The van der Waals surface area contributed by atoms with Crippen LogP contribution in [0.3, 0.4) is 0 Å². The summed E-state index contributed by atoms with van der Waals surface area (Å²) in [5.41, 5.74) is 0.297. The number of nitro groups is 1. The number of nitrogens with zero attached hydrogens (tertiary/aromatic N) is 1. The van der Waals surface area contributed by atoms with Crippen molar-refractivity contribution in [2.24, 2.45) is 0 Å². The van der Waals surface area contributed by atoms with E-state index in [9.17, 15) is 14.9 Å². The van der Waals surface area contributed by atoms with Crippen LogP contribution in [0, 0.1) is 10.1 Å². The maximum absolute atomic E-state index is 11.1. The minimum atomic E-state index is -1.02. The molecular formula is C14H18N2O5. The summed E-state index contributed by atoms with van der Waals surface area (Å²) in [4.78, 5) is 21.5. The minimum Gasteiger partial charge on any atom is -0.487 e. The third kappa shape index (κ3) is 4.79. The molecule has 7 nitrogen and oxygen atoms in total. The minimum absolute atomic E-state index is 0.120. The standard InChI is InChI=1S/C14H18N2O5/c1-3-5-11(14(17)18)15-10-6-7-12(16(19)20)13(9-10)21-8-4-2/h3,6-7,9,11,15H,1,4-5,8H2,2H3,(H,17,18). The Morgan fingerprint density at radius 1 is 1.62 bits per heavy atom. The molecule has 114 valence electrons. The molecule has 0 aliphatic carbocycles. The van der Waals surface area contributed by atoms with E-state index >= 15 is 0 Å². The van der Waals surface area contributed by atoms with Gasteiger partial charge in [-0.1, -0.05) is 13.0 Å². The first-order valence-electron chi connectivity index (χ1n) is 6.51. The van der Waals surface area contributed by atoms with E-state index in [0.29, 0.717) is 18.7 Å². The summed E-state index contributed by atoms with van der Waals surface area (Å²) < 4.78 is 5.34. The number of nitrogens with one attached hydrogen (secondary N) is 1. The van der Waals surface area contributed by atoms with Gasteiger partial charge < -0.3 is 15.2 Å². The van der Waals surface area contributed by atoms with E-state index in [4.69, 9.17) is 9.84 Å². The number of carbonyl (C=O) groups is 1. The second-order valence-electron chi connectivity index (χ2n) is 4.35. The van der Waals surface area contributed by atoms with Crippen LogP contribution in [-0.2, 0) is 4.79 Å². The first-order chi connectivity index (χ1) is 9.99. The van der Waals surface area contributed by atoms with E-state index < -0.39 is 16.9 Å². The van der Waals surface area contributed by atoms with Crippen LogP contribution >= 0.6 is 0 Å². The summed E-state index contributed by atoms with van der Waals surface area (Å²) >= 11 is 0. The first-order valence-corrected chi connectivity index (χ1v) is 6.51. The molecule has 0 spiro atoms. The molecule has 0 radical (unpaired) electrons. The topological polar surface area (TPSA) is 102 Å². The highest BCUT2D eigenvalue weighted by Crippen LogP contribution is 2.30. The molecule has 2 N–H and O–H groups in total. The van der Waals surface area contributed by atoms with Gasteiger partial charge in [0.15, 0.2) is 5.75 Å². The van der Waals surface area contributed by atoms with Gasteiger partial charge in [0.2, 0.25) is 0 Å². The van der Waals surface area contributed by atoms with E-state index in [2.05, 4.69) is 11.9 Å². The number of hydrogen-bond donors (Lipinski definition) is 2. The Hall–Kier alpha value is -2.57. The van der Waals surface area contributed by atoms with Crippen molar-refractivity contribution in [3.8, 4) is 5.75 Å². The number of hydrogen-bond acceptors (Lipinski definition) is 5. The predicted octanol–water partition coefficient (Wildman–Crippen LogP) is 2.82. The molecule has 1 aromatic rings. The monoisotopic (exact) mass is 294 g/mol.